The summed E-state index contributed by atoms with van der Waals surface area (Å²) in [4.78, 5) is 9.81. The van der Waals surface area contributed by atoms with Crippen LogP contribution in [0.1, 0.15) is 5.01 Å². The van der Waals surface area contributed by atoms with Crippen molar-refractivity contribution in [2.45, 2.75) is 6.92 Å². The Morgan fingerprint density at radius 2 is 1.86 bits per heavy atom. The molecule has 4 nitrogen and oxygen atoms in total. The highest BCUT2D eigenvalue weighted by Crippen LogP contribution is 2.37. The lowest BCUT2D eigenvalue weighted by molar-refractivity contribution is 0.415. The Morgan fingerprint density at radius 1 is 1.10 bits per heavy atom. The van der Waals surface area contributed by atoms with Crippen LogP contribution >= 0.6 is 11.3 Å². The predicted molar refractivity (Wildman–Crippen MR) is 86.5 cm³/mol. The van der Waals surface area contributed by atoms with Gasteiger partial charge in [-0.3, -0.25) is 0 Å². The molecule has 0 atom stereocenters. The Kier molecular flexibility index (Phi) is 3.58. The number of thiazole rings is 1. The van der Waals surface area contributed by atoms with E-state index in [9.17, 15) is 0 Å². The van der Waals surface area contributed by atoms with E-state index < -0.39 is 0 Å². The van der Waals surface area contributed by atoms with E-state index in [-0.39, 0.29) is 0 Å². The molecule has 21 heavy (non-hydrogen) atoms. The van der Waals surface area contributed by atoms with Crippen molar-refractivity contribution in [1.82, 2.24) is 9.97 Å². The first-order valence-corrected chi connectivity index (χ1v) is 7.33. The summed E-state index contributed by atoms with van der Waals surface area (Å²) < 4.78 is 5.20. The fraction of sp³-hybridized carbons (Fsp3) is 0.125. The van der Waals surface area contributed by atoms with Crippen LogP contribution < -0.4 is 10.5 Å². The maximum absolute atomic E-state index is 5.79. The first-order valence-electron chi connectivity index (χ1n) is 6.51. The van der Waals surface area contributed by atoms with Crippen LogP contribution in [0.25, 0.3) is 21.7 Å². The van der Waals surface area contributed by atoms with Gasteiger partial charge in [-0.05, 0) is 48.9 Å². The topological polar surface area (TPSA) is 61.0 Å². The minimum Gasteiger partial charge on any atom is -0.497 e. The second-order valence-corrected chi connectivity index (χ2v) is 5.81. The van der Waals surface area contributed by atoms with Gasteiger partial charge in [0.1, 0.15) is 11.6 Å². The molecule has 0 radical (unpaired) electrons. The van der Waals surface area contributed by atoms with Gasteiger partial charge in [0.2, 0.25) is 0 Å². The predicted octanol–water partition coefficient (Wildman–Crippen LogP) is 3.77. The Morgan fingerprint density at radius 3 is 2.52 bits per heavy atom. The summed E-state index contributed by atoms with van der Waals surface area (Å²) in [6, 6.07) is 11.7. The first-order chi connectivity index (χ1) is 10.2. The zero-order valence-corrected chi connectivity index (χ0v) is 12.6. The van der Waals surface area contributed by atoms with Gasteiger partial charge in [-0.15, -0.1) is 11.3 Å². The maximum atomic E-state index is 5.79. The van der Waals surface area contributed by atoms with Gasteiger partial charge in [0.25, 0.3) is 0 Å². The van der Waals surface area contributed by atoms with Gasteiger partial charge in [0.15, 0.2) is 0 Å². The fourth-order valence-corrected chi connectivity index (χ4v) is 3.09. The molecule has 0 bridgehead atoms. The molecule has 1 aromatic carbocycles. The number of hydrogen-bond donors (Lipinski definition) is 1. The van der Waals surface area contributed by atoms with Gasteiger partial charge in [-0.1, -0.05) is 0 Å². The fourth-order valence-electron chi connectivity index (χ4n) is 2.16. The molecule has 106 valence electrons. The summed E-state index contributed by atoms with van der Waals surface area (Å²) in [5, 5.41) is 1.02. The van der Waals surface area contributed by atoms with Crippen molar-refractivity contribution in [3.8, 4) is 27.4 Å². The van der Waals surface area contributed by atoms with Crippen molar-refractivity contribution in [3.63, 3.8) is 0 Å². The number of benzene rings is 1. The number of aryl methyl sites for hydroxylation is 1. The van der Waals surface area contributed by atoms with E-state index in [1.807, 2.05) is 43.3 Å². The van der Waals surface area contributed by atoms with E-state index in [0.29, 0.717) is 5.82 Å². The van der Waals surface area contributed by atoms with Crippen molar-refractivity contribution in [2.24, 2.45) is 0 Å². The van der Waals surface area contributed by atoms with E-state index >= 15 is 0 Å². The standard InChI is InChI=1S/C16H15N3OS/c1-10-19-15(11-3-5-13(20-2)6-4-11)16(21-10)12-7-8-18-14(17)9-12/h3-9H,1-2H3,(H2,17,18). The second kappa shape index (κ2) is 5.54. The Bertz CT molecular complexity index is 765. The average Bonchev–Trinajstić information content (AvgIpc) is 2.89. The third-order valence-electron chi connectivity index (χ3n) is 3.14. The Balaban J connectivity index is 2.10. The van der Waals surface area contributed by atoms with Gasteiger partial charge < -0.3 is 10.5 Å². The minimum atomic E-state index is 0.513. The normalized spacial score (nSPS) is 10.6. The Labute approximate surface area is 127 Å². The highest BCUT2D eigenvalue weighted by Gasteiger charge is 2.13. The van der Waals surface area contributed by atoms with Gasteiger partial charge in [-0.25, -0.2) is 9.97 Å². The molecule has 0 spiro atoms. The van der Waals surface area contributed by atoms with Crippen LogP contribution in [0.2, 0.25) is 0 Å². The summed E-state index contributed by atoms with van der Waals surface area (Å²) in [6.07, 6.45) is 1.72. The van der Waals surface area contributed by atoms with Crippen molar-refractivity contribution in [2.75, 3.05) is 12.8 Å². The molecule has 0 saturated carbocycles. The van der Waals surface area contributed by atoms with Crippen molar-refractivity contribution >= 4 is 17.2 Å². The third kappa shape index (κ3) is 2.73. The zero-order chi connectivity index (χ0) is 14.8. The largest absolute Gasteiger partial charge is 0.497 e. The van der Waals surface area contributed by atoms with Crippen molar-refractivity contribution in [1.29, 1.82) is 0 Å². The lowest BCUT2D eigenvalue weighted by atomic mass is 10.1. The van der Waals surface area contributed by atoms with E-state index in [1.54, 1.807) is 24.6 Å². The smallest absolute Gasteiger partial charge is 0.123 e. The number of nitrogens with two attached hydrogens (primary N) is 1. The van der Waals surface area contributed by atoms with Crippen molar-refractivity contribution in [3.05, 3.63) is 47.6 Å². The van der Waals surface area contributed by atoms with Crippen LogP contribution in [0.5, 0.6) is 5.75 Å². The maximum Gasteiger partial charge on any atom is 0.123 e. The number of rotatable bonds is 3. The average molecular weight is 297 g/mol. The summed E-state index contributed by atoms with van der Waals surface area (Å²) in [7, 11) is 1.66. The molecule has 0 saturated heterocycles. The van der Waals surface area contributed by atoms with E-state index in [0.717, 1.165) is 32.5 Å². The molecule has 0 aliphatic rings. The number of nitrogen functional groups attached to an aromatic ring is 1. The molecule has 3 aromatic rings. The monoisotopic (exact) mass is 297 g/mol. The second-order valence-electron chi connectivity index (χ2n) is 4.61. The van der Waals surface area contributed by atoms with Gasteiger partial charge in [-0.2, -0.15) is 0 Å². The number of methoxy groups -OCH3 is 1. The van der Waals surface area contributed by atoms with E-state index in [4.69, 9.17) is 10.5 Å². The number of aromatic nitrogens is 2. The molecule has 5 heteroatoms. The summed E-state index contributed by atoms with van der Waals surface area (Å²) in [6.45, 7) is 2.01. The zero-order valence-electron chi connectivity index (χ0n) is 11.8. The molecule has 2 N–H and O–H groups in total. The molecule has 3 rings (SSSR count). The van der Waals surface area contributed by atoms with Gasteiger partial charge in [0.05, 0.1) is 22.7 Å². The summed E-state index contributed by atoms with van der Waals surface area (Å²) in [5.74, 6) is 1.35. The van der Waals surface area contributed by atoms with Gasteiger partial charge in [0, 0.05) is 11.8 Å². The molecule has 0 aliphatic heterocycles. The quantitative estimate of drug-likeness (QED) is 0.799. The van der Waals surface area contributed by atoms with Crippen LogP contribution in [-0.4, -0.2) is 17.1 Å². The van der Waals surface area contributed by atoms with E-state index in [1.165, 1.54) is 0 Å². The van der Waals surface area contributed by atoms with Crippen LogP contribution in [-0.2, 0) is 0 Å². The molecule has 0 unspecified atom stereocenters. The summed E-state index contributed by atoms with van der Waals surface area (Å²) >= 11 is 1.66. The molecule has 0 amide bonds. The molecular weight excluding hydrogens is 282 g/mol. The first kappa shape index (κ1) is 13.6. The molecular formula is C16H15N3OS. The van der Waals surface area contributed by atoms with Crippen LogP contribution in [0, 0.1) is 6.92 Å². The highest BCUT2D eigenvalue weighted by molar-refractivity contribution is 7.15. The number of ether oxygens (including phenoxy) is 1. The minimum absolute atomic E-state index is 0.513. The van der Waals surface area contributed by atoms with Crippen molar-refractivity contribution < 1.29 is 4.74 Å². The van der Waals surface area contributed by atoms with E-state index in [2.05, 4.69) is 9.97 Å². The number of hydrogen-bond acceptors (Lipinski definition) is 5. The number of anilines is 1. The highest BCUT2D eigenvalue weighted by atomic mass is 32.1. The molecule has 0 aliphatic carbocycles. The lowest BCUT2D eigenvalue weighted by Gasteiger charge is -2.05. The van der Waals surface area contributed by atoms with Gasteiger partial charge >= 0.3 is 0 Å². The molecule has 2 aromatic heterocycles. The lowest BCUT2D eigenvalue weighted by Crippen LogP contribution is -1.89. The van der Waals surface area contributed by atoms with Crippen LogP contribution in [0.4, 0.5) is 5.82 Å². The SMILES string of the molecule is COc1ccc(-c2nc(C)sc2-c2ccnc(N)c2)cc1. The third-order valence-corrected chi connectivity index (χ3v) is 4.16. The number of pyridine rings is 1. The summed E-state index contributed by atoms with van der Waals surface area (Å²) in [5.41, 5.74) is 8.85. The number of nitrogens with zero attached hydrogens (tertiary/aromatic N) is 2. The van der Waals surface area contributed by atoms with Crippen LogP contribution in [0.3, 0.4) is 0 Å². The molecule has 0 fully saturated rings. The Hall–Kier alpha value is -2.40. The van der Waals surface area contributed by atoms with Crippen LogP contribution in [0.15, 0.2) is 42.6 Å². The molecule has 2 heterocycles.